The monoisotopic (exact) mass is 235 g/mol. The van der Waals surface area contributed by atoms with Gasteiger partial charge in [-0.05, 0) is 50.7 Å². The molecule has 3 nitrogen and oxygen atoms in total. The first-order valence-electron chi connectivity index (χ1n) is 6.35. The lowest BCUT2D eigenvalue weighted by Gasteiger charge is -2.19. The zero-order chi connectivity index (χ0) is 12.3. The summed E-state index contributed by atoms with van der Waals surface area (Å²) in [6.45, 7) is 4.61. The molecule has 0 saturated heterocycles. The van der Waals surface area contributed by atoms with Gasteiger partial charge in [-0.25, -0.2) is 5.48 Å². The van der Waals surface area contributed by atoms with E-state index in [1.165, 1.54) is 24.0 Å². The summed E-state index contributed by atoms with van der Waals surface area (Å²) in [7, 11) is 0. The van der Waals surface area contributed by atoms with Crippen LogP contribution in [0, 0.1) is 13.8 Å². The van der Waals surface area contributed by atoms with Gasteiger partial charge in [0.1, 0.15) is 5.75 Å². The minimum absolute atomic E-state index is 0.355. The molecule has 17 heavy (non-hydrogen) atoms. The number of nitrogens with one attached hydrogen (secondary N) is 1. The van der Waals surface area contributed by atoms with Gasteiger partial charge in [0.2, 0.25) is 0 Å². The highest BCUT2D eigenvalue weighted by Gasteiger charge is 2.19. The van der Waals surface area contributed by atoms with Crippen LogP contribution in [0.15, 0.2) is 12.1 Å². The molecule has 1 fully saturated rings. The van der Waals surface area contributed by atoms with Crippen molar-refractivity contribution in [3.05, 3.63) is 28.8 Å². The second-order valence-corrected chi connectivity index (χ2v) is 4.85. The van der Waals surface area contributed by atoms with E-state index in [0.29, 0.717) is 12.6 Å². The maximum Gasteiger partial charge on any atom is 0.127 e. The highest BCUT2D eigenvalue weighted by molar-refractivity contribution is 5.45. The Hall–Kier alpha value is -1.06. The molecular formula is C14H21NO2. The first kappa shape index (κ1) is 12.4. The molecule has 1 saturated carbocycles. The summed E-state index contributed by atoms with van der Waals surface area (Å²) < 4.78 is 6.12. The molecule has 0 bridgehead atoms. The number of hydroxylamine groups is 1. The third kappa shape index (κ3) is 2.79. The van der Waals surface area contributed by atoms with Gasteiger partial charge in [0.05, 0.1) is 6.10 Å². The molecule has 2 rings (SSSR count). The molecule has 0 atom stereocenters. The van der Waals surface area contributed by atoms with Gasteiger partial charge in [-0.3, -0.25) is 0 Å². The second kappa shape index (κ2) is 5.52. The van der Waals surface area contributed by atoms with Crippen molar-refractivity contribution in [2.75, 3.05) is 0 Å². The molecule has 0 amide bonds. The molecule has 94 valence electrons. The van der Waals surface area contributed by atoms with Crippen LogP contribution in [0.1, 0.15) is 42.4 Å². The van der Waals surface area contributed by atoms with E-state index in [1.807, 2.05) is 6.07 Å². The van der Waals surface area contributed by atoms with Crippen LogP contribution in [0.3, 0.4) is 0 Å². The molecule has 0 heterocycles. The Bertz CT molecular complexity index is 384. The van der Waals surface area contributed by atoms with Gasteiger partial charge >= 0.3 is 0 Å². The van der Waals surface area contributed by atoms with Crippen molar-refractivity contribution in [3.63, 3.8) is 0 Å². The fraction of sp³-hybridized carbons (Fsp3) is 0.571. The molecule has 3 heteroatoms. The van der Waals surface area contributed by atoms with Crippen LogP contribution in [-0.2, 0) is 6.54 Å². The van der Waals surface area contributed by atoms with Crippen LogP contribution in [0.5, 0.6) is 5.75 Å². The lowest BCUT2D eigenvalue weighted by atomic mass is 10.0. The standard InChI is InChI=1S/C14H21NO2/c1-10-7-8-12(9-15-16)14(11(10)2)17-13-5-3-4-6-13/h7-8,13,15-16H,3-6,9H2,1-2H3. The summed E-state index contributed by atoms with van der Waals surface area (Å²) >= 11 is 0. The van der Waals surface area contributed by atoms with Crippen molar-refractivity contribution >= 4 is 0 Å². The maximum absolute atomic E-state index is 8.86. The van der Waals surface area contributed by atoms with Crippen LogP contribution >= 0.6 is 0 Å². The van der Waals surface area contributed by atoms with E-state index in [9.17, 15) is 0 Å². The lowest BCUT2D eigenvalue weighted by molar-refractivity contribution is 0.156. The largest absolute Gasteiger partial charge is 0.490 e. The molecule has 0 radical (unpaired) electrons. The van der Waals surface area contributed by atoms with Gasteiger partial charge in [-0.15, -0.1) is 0 Å². The van der Waals surface area contributed by atoms with Crippen molar-refractivity contribution in [2.24, 2.45) is 0 Å². The number of hydrogen-bond donors (Lipinski definition) is 2. The minimum Gasteiger partial charge on any atom is -0.490 e. The molecule has 2 N–H and O–H groups in total. The third-order valence-corrected chi connectivity index (χ3v) is 3.61. The summed E-state index contributed by atoms with van der Waals surface area (Å²) in [4.78, 5) is 0. The number of ether oxygens (including phenoxy) is 1. The van der Waals surface area contributed by atoms with E-state index < -0.39 is 0 Å². The summed E-state index contributed by atoms with van der Waals surface area (Å²) in [5.74, 6) is 0.957. The predicted octanol–water partition coefficient (Wildman–Crippen LogP) is 3.10. The topological polar surface area (TPSA) is 41.5 Å². The van der Waals surface area contributed by atoms with Gasteiger partial charge in [0, 0.05) is 12.1 Å². The Balaban J connectivity index is 2.24. The first-order valence-corrected chi connectivity index (χ1v) is 6.35. The van der Waals surface area contributed by atoms with E-state index in [2.05, 4.69) is 25.4 Å². The summed E-state index contributed by atoms with van der Waals surface area (Å²) in [5, 5.41) is 8.86. The molecule has 1 aromatic rings. The smallest absolute Gasteiger partial charge is 0.127 e. The van der Waals surface area contributed by atoms with Crippen molar-refractivity contribution < 1.29 is 9.94 Å². The summed E-state index contributed by atoms with van der Waals surface area (Å²) in [6, 6.07) is 4.10. The molecule has 0 spiro atoms. The lowest BCUT2D eigenvalue weighted by Crippen LogP contribution is -2.15. The van der Waals surface area contributed by atoms with Crippen LogP contribution in [0.25, 0.3) is 0 Å². The molecule has 0 aliphatic heterocycles. The van der Waals surface area contributed by atoms with Crippen molar-refractivity contribution in [2.45, 2.75) is 52.2 Å². The van der Waals surface area contributed by atoms with E-state index in [-0.39, 0.29) is 0 Å². The second-order valence-electron chi connectivity index (χ2n) is 4.85. The maximum atomic E-state index is 8.86. The number of benzene rings is 1. The van der Waals surface area contributed by atoms with Gasteiger partial charge in [0.25, 0.3) is 0 Å². The molecule has 1 aromatic carbocycles. The minimum atomic E-state index is 0.355. The van der Waals surface area contributed by atoms with E-state index in [4.69, 9.17) is 9.94 Å². The van der Waals surface area contributed by atoms with Gasteiger partial charge in [0.15, 0.2) is 0 Å². The summed E-state index contributed by atoms with van der Waals surface area (Å²) in [5.41, 5.74) is 5.67. The third-order valence-electron chi connectivity index (χ3n) is 3.61. The molecule has 1 aliphatic rings. The fourth-order valence-electron chi connectivity index (χ4n) is 2.41. The summed E-state index contributed by atoms with van der Waals surface area (Å²) in [6.07, 6.45) is 5.19. The molecule has 1 aliphatic carbocycles. The van der Waals surface area contributed by atoms with Gasteiger partial charge < -0.3 is 9.94 Å². The van der Waals surface area contributed by atoms with E-state index in [0.717, 1.165) is 24.2 Å². The predicted molar refractivity (Wildman–Crippen MR) is 67.4 cm³/mol. The zero-order valence-electron chi connectivity index (χ0n) is 10.6. The average Bonchev–Trinajstić information content (AvgIpc) is 2.81. The molecule has 0 aromatic heterocycles. The zero-order valence-corrected chi connectivity index (χ0v) is 10.6. The average molecular weight is 235 g/mol. The Morgan fingerprint density at radius 3 is 2.65 bits per heavy atom. The van der Waals surface area contributed by atoms with Crippen LogP contribution in [0.4, 0.5) is 0 Å². The number of hydrogen-bond acceptors (Lipinski definition) is 3. The highest BCUT2D eigenvalue weighted by Crippen LogP contribution is 2.31. The van der Waals surface area contributed by atoms with Gasteiger partial charge in [-0.2, -0.15) is 0 Å². The van der Waals surface area contributed by atoms with Crippen LogP contribution in [-0.4, -0.2) is 11.3 Å². The SMILES string of the molecule is Cc1ccc(CNO)c(OC2CCCC2)c1C. The highest BCUT2D eigenvalue weighted by atomic mass is 16.5. The molecule has 0 unspecified atom stereocenters. The Morgan fingerprint density at radius 2 is 2.00 bits per heavy atom. The number of rotatable bonds is 4. The Labute approximate surface area is 103 Å². The fourth-order valence-corrected chi connectivity index (χ4v) is 2.41. The van der Waals surface area contributed by atoms with E-state index >= 15 is 0 Å². The van der Waals surface area contributed by atoms with Crippen LogP contribution in [0.2, 0.25) is 0 Å². The van der Waals surface area contributed by atoms with Gasteiger partial charge in [-0.1, -0.05) is 12.1 Å². The first-order chi connectivity index (χ1) is 8.22. The van der Waals surface area contributed by atoms with Crippen molar-refractivity contribution in [3.8, 4) is 5.75 Å². The van der Waals surface area contributed by atoms with Crippen molar-refractivity contribution in [1.29, 1.82) is 0 Å². The Morgan fingerprint density at radius 1 is 1.29 bits per heavy atom. The molecular weight excluding hydrogens is 214 g/mol. The van der Waals surface area contributed by atoms with Crippen LogP contribution < -0.4 is 10.2 Å². The van der Waals surface area contributed by atoms with E-state index in [1.54, 1.807) is 0 Å². The Kier molecular flexibility index (Phi) is 4.02. The quantitative estimate of drug-likeness (QED) is 0.788. The normalized spacial score (nSPS) is 16.4. The number of aryl methyl sites for hydroxylation is 1. The van der Waals surface area contributed by atoms with Crippen molar-refractivity contribution in [1.82, 2.24) is 5.48 Å².